The Morgan fingerprint density at radius 3 is 2.84 bits per heavy atom. The molecule has 2 aromatic rings. The highest BCUT2D eigenvalue weighted by molar-refractivity contribution is 5.92. The Morgan fingerprint density at radius 2 is 2.26 bits per heavy atom. The number of carbonyl (C=O) groups is 1. The summed E-state index contributed by atoms with van der Waals surface area (Å²) in [6, 6.07) is 4.54. The number of aliphatic hydroxyl groups excluding tert-OH is 1. The van der Waals surface area contributed by atoms with E-state index in [0.717, 1.165) is 5.52 Å². The van der Waals surface area contributed by atoms with Crippen LogP contribution in [-0.2, 0) is 4.74 Å². The van der Waals surface area contributed by atoms with Crippen LogP contribution in [0.5, 0.6) is 0 Å². The van der Waals surface area contributed by atoms with Crippen molar-refractivity contribution in [2.75, 3.05) is 20.3 Å². The number of carboxylic acid groups (broad SMARTS) is 1. The molecule has 0 saturated heterocycles. The summed E-state index contributed by atoms with van der Waals surface area (Å²) in [5.41, 5.74) is 1.59. The number of carboxylic acids is 1. The van der Waals surface area contributed by atoms with E-state index >= 15 is 0 Å². The average Bonchev–Trinajstić information content (AvgIpc) is 2.71. The van der Waals surface area contributed by atoms with Crippen LogP contribution in [0.1, 0.15) is 22.2 Å². The molecular formula is C13H16N2O4. The van der Waals surface area contributed by atoms with Gasteiger partial charge in [0.25, 0.3) is 0 Å². The van der Waals surface area contributed by atoms with Crippen molar-refractivity contribution in [3.63, 3.8) is 0 Å². The van der Waals surface area contributed by atoms with Crippen LogP contribution in [0.25, 0.3) is 11.0 Å². The Hall–Kier alpha value is -1.92. The minimum absolute atomic E-state index is 0.0686. The fourth-order valence-corrected chi connectivity index (χ4v) is 2.21. The van der Waals surface area contributed by atoms with Crippen molar-refractivity contribution in [1.82, 2.24) is 9.55 Å². The molecule has 0 saturated carbocycles. The first kappa shape index (κ1) is 13.5. The van der Waals surface area contributed by atoms with Gasteiger partial charge in [-0.05, 0) is 25.1 Å². The minimum Gasteiger partial charge on any atom is -0.478 e. The molecule has 0 radical (unpaired) electrons. The number of benzene rings is 1. The molecule has 0 spiro atoms. The third kappa shape index (κ3) is 2.45. The van der Waals surface area contributed by atoms with Crippen LogP contribution in [0.15, 0.2) is 18.2 Å². The number of aromatic nitrogens is 2. The standard InChI is InChI=1S/C13H16N2O4/c1-8-14-11-5-9(13(17)18)3-4-12(11)15(8)10(6-16)7-19-2/h3-5,10,16H,6-7H2,1-2H3,(H,17,18). The van der Waals surface area contributed by atoms with Gasteiger partial charge in [0.15, 0.2) is 0 Å². The largest absolute Gasteiger partial charge is 0.478 e. The smallest absolute Gasteiger partial charge is 0.335 e. The van der Waals surface area contributed by atoms with Crippen LogP contribution >= 0.6 is 0 Å². The number of aliphatic hydroxyl groups is 1. The molecule has 6 heteroatoms. The topological polar surface area (TPSA) is 84.6 Å². The molecule has 19 heavy (non-hydrogen) atoms. The lowest BCUT2D eigenvalue weighted by molar-refractivity contribution is 0.0697. The quantitative estimate of drug-likeness (QED) is 0.848. The summed E-state index contributed by atoms with van der Waals surface area (Å²) in [7, 11) is 1.57. The Morgan fingerprint density at radius 1 is 1.53 bits per heavy atom. The minimum atomic E-state index is -0.982. The molecular weight excluding hydrogens is 248 g/mol. The molecule has 2 N–H and O–H groups in total. The van der Waals surface area contributed by atoms with Gasteiger partial charge in [-0.15, -0.1) is 0 Å². The van der Waals surface area contributed by atoms with Crippen LogP contribution in [-0.4, -0.2) is 46.1 Å². The lowest BCUT2D eigenvalue weighted by atomic mass is 10.2. The third-order valence-corrected chi connectivity index (χ3v) is 3.05. The van der Waals surface area contributed by atoms with Crippen molar-refractivity contribution in [2.24, 2.45) is 0 Å². The molecule has 0 aliphatic carbocycles. The first-order valence-corrected chi connectivity index (χ1v) is 5.90. The molecule has 2 rings (SSSR count). The Bertz CT molecular complexity index is 606. The maximum atomic E-state index is 10.9. The number of fused-ring (bicyclic) bond motifs is 1. The van der Waals surface area contributed by atoms with E-state index in [0.29, 0.717) is 17.9 Å². The van der Waals surface area contributed by atoms with E-state index in [4.69, 9.17) is 9.84 Å². The summed E-state index contributed by atoms with van der Waals surface area (Å²) in [4.78, 5) is 15.3. The van der Waals surface area contributed by atoms with Gasteiger partial charge in [0, 0.05) is 7.11 Å². The molecule has 1 heterocycles. The number of rotatable bonds is 5. The van der Waals surface area contributed by atoms with Crippen molar-refractivity contribution in [1.29, 1.82) is 0 Å². The number of methoxy groups -OCH3 is 1. The van der Waals surface area contributed by atoms with Gasteiger partial charge in [0.1, 0.15) is 5.82 Å². The Balaban J connectivity index is 2.55. The zero-order valence-corrected chi connectivity index (χ0v) is 10.8. The summed E-state index contributed by atoms with van der Waals surface area (Å²) < 4.78 is 6.95. The zero-order chi connectivity index (χ0) is 14.0. The molecule has 0 amide bonds. The summed E-state index contributed by atoms with van der Waals surface area (Å²) in [5.74, 6) is -0.265. The van der Waals surface area contributed by atoms with Crippen LogP contribution in [0.2, 0.25) is 0 Å². The molecule has 0 aliphatic heterocycles. The fourth-order valence-electron chi connectivity index (χ4n) is 2.21. The maximum Gasteiger partial charge on any atom is 0.335 e. The maximum absolute atomic E-state index is 10.9. The second kappa shape index (κ2) is 5.38. The molecule has 1 unspecified atom stereocenters. The average molecular weight is 264 g/mol. The van der Waals surface area contributed by atoms with Crippen LogP contribution in [0, 0.1) is 6.92 Å². The van der Waals surface area contributed by atoms with Gasteiger partial charge in [0.05, 0.1) is 35.9 Å². The van der Waals surface area contributed by atoms with Crippen molar-refractivity contribution in [3.8, 4) is 0 Å². The van der Waals surface area contributed by atoms with Gasteiger partial charge in [-0.25, -0.2) is 9.78 Å². The number of nitrogens with zero attached hydrogens (tertiary/aromatic N) is 2. The van der Waals surface area contributed by atoms with Gasteiger partial charge in [0.2, 0.25) is 0 Å². The highest BCUT2D eigenvalue weighted by atomic mass is 16.5. The van der Waals surface area contributed by atoms with Crippen molar-refractivity contribution in [3.05, 3.63) is 29.6 Å². The van der Waals surface area contributed by atoms with Crippen molar-refractivity contribution >= 4 is 17.0 Å². The second-order valence-electron chi connectivity index (χ2n) is 4.33. The number of aryl methyl sites for hydroxylation is 1. The van der Waals surface area contributed by atoms with Gasteiger partial charge >= 0.3 is 5.97 Å². The normalized spacial score (nSPS) is 12.8. The Kier molecular flexibility index (Phi) is 3.82. The highest BCUT2D eigenvalue weighted by Crippen LogP contribution is 2.22. The number of ether oxygens (including phenoxy) is 1. The lowest BCUT2D eigenvalue weighted by Gasteiger charge is -2.17. The summed E-state index contributed by atoms with van der Waals surface area (Å²) in [5, 5.41) is 18.4. The van der Waals surface area contributed by atoms with Crippen LogP contribution in [0.4, 0.5) is 0 Å². The molecule has 0 fully saturated rings. The molecule has 102 valence electrons. The van der Waals surface area contributed by atoms with Gasteiger partial charge < -0.3 is 19.5 Å². The fraction of sp³-hybridized carbons (Fsp3) is 0.385. The Labute approximate surface area is 110 Å². The van der Waals surface area contributed by atoms with E-state index in [2.05, 4.69) is 4.98 Å². The summed E-state index contributed by atoms with van der Waals surface area (Å²) in [6.07, 6.45) is 0. The van der Waals surface area contributed by atoms with E-state index in [-0.39, 0.29) is 18.2 Å². The molecule has 0 bridgehead atoms. The molecule has 0 aliphatic rings. The predicted molar refractivity (Wildman–Crippen MR) is 69.4 cm³/mol. The number of hydrogen-bond donors (Lipinski definition) is 2. The van der Waals surface area contributed by atoms with Crippen molar-refractivity contribution in [2.45, 2.75) is 13.0 Å². The first-order valence-electron chi connectivity index (χ1n) is 5.90. The number of aromatic carboxylic acids is 1. The lowest BCUT2D eigenvalue weighted by Crippen LogP contribution is -2.19. The zero-order valence-electron chi connectivity index (χ0n) is 10.8. The third-order valence-electron chi connectivity index (χ3n) is 3.05. The van der Waals surface area contributed by atoms with Gasteiger partial charge in [-0.1, -0.05) is 0 Å². The van der Waals surface area contributed by atoms with Gasteiger partial charge in [-0.2, -0.15) is 0 Å². The van der Waals surface area contributed by atoms with Crippen LogP contribution < -0.4 is 0 Å². The van der Waals surface area contributed by atoms with E-state index < -0.39 is 5.97 Å². The molecule has 1 atom stereocenters. The van der Waals surface area contributed by atoms with E-state index in [1.54, 1.807) is 13.2 Å². The summed E-state index contributed by atoms with van der Waals surface area (Å²) in [6.45, 7) is 2.11. The van der Waals surface area contributed by atoms with Gasteiger partial charge in [-0.3, -0.25) is 0 Å². The van der Waals surface area contributed by atoms with E-state index in [1.807, 2.05) is 11.5 Å². The second-order valence-corrected chi connectivity index (χ2v) is 4.33. The highest BCUT2D eigenvalue weighted by Gasteiger charge is 2.17. The van der Waals surface area contributed by atoms with Crippen LogP contribution in [0.3, 0.4) is 0 Å². The molecule has 1 aromatic carbocycles. The van der Waals surface area contributed by atoms with Crippen molar-refractivity contribution < 1.29 is 19.7 Å². The molecule has 1 aromatic heterocycles. The summed E-state index contributed by atoms with van der Waals surface area (Å²) >= 11 is 0. The van der Waals surface area contributed by atoms with E-state index in [1.165, 1.54) is 12.1 Å². The SMILES string of the molecule is COCC(CO)n1c(C)nc2cc(C(=O)O)ccc21. The van der Waals surface area contributed by atoms with E-state index in [9.17, 15) is 9.90 Å². The number of imidazole rings is 1. The monoisotopic (exact) mass is 264 g/mol. The number of hydrogen-bond acceptors (Lipinski definition) is 4. The molecule has 6 nitrogen and oxygen atoms in total. The first-order chi connectivity index (χ1) is 9.08. The predicted octanol–water partition coefficient (Wildman–Crippen LogP) is 1.22.